The average molecular weight is 273 g/mol. The molecule has 0 saturated carbocycles. The van der Waals surface area contributed by atoms with E-state index < -0.39 is 0 Å². The first-order valence-electron chi connectivity index (χ1n) is 6.88. The number of nitriles is 1. The van der Waals surface area contributed by atoms with Gasteiger partial charge in [0.2, 0.25) is 0 Å². The predicted molar refractivity (Wildman–Crippen MR) is 82.1 cm³/mol. The molecule has 1 aromatic rings. The normalized spacial score (nSPS) is 10.8. The molecular formula is C17H23NO2. The van der Waals surface area contributed by atoms with Crippen LogP contribution >= 0.6 is 0 Å². The highest BCUT2D eigenvalue weighted by atomic mass is 16.5. The number of allylic oxidation sites excluding steroid dienone is 1. The van der Waals surface area contributed by atoms with Crippen LogP contribution in [0.5, 0.6) is 11.5 Å². The molecule has 1 aromatic carbocycles. The summed E-state index contributed by atoms with van der Waals surface area (Å²) in [6.45, 7) is 15.1. The topological polar surface area (TPSA) is 42.2 Å². The molecule has 0 aliphatic heterocycles. The number of hydrogen-bond acceptors (Lipinski definition) is 3. The Balaban J connectivity index is 3.58. The molecule has 0 atom stereocenters. The van der Waals surface area contributed by atoms with E-state index in [1.54, 1.807) is 0 Å². The zero-order valence-corrected chi connectivity index (χ0v) is 13.0. The predicted octanol–water partition coefficient (Wildman–Crippen LogP) is 4.32. The molecule has 3 heteroatoms. The number of hydrogen-bond donors (Lipinski definition) is 0. The number of ether oxygens (including phenoxy) is 2. The second-order valence-corrected chi connectivity index (χ2v) is 5.55. The third kappa shape index (κ3) is 3.54. The summed E-state index contributed by atoms with van der Waals surface area (Å²) >= 11 is 0. The van der Waals surface area contributed by atoms with Gasteiger partial charge in [0.05, 0.1) is 24.9 Å². The summed E-state index contributed by atoms with van der Waals surface area (Å²) in [5.74, 6) is 1.47. The molecule has 20 heavy (non-hydrogen) atoms. The smallest absolute Gasteiger partial charge is 0.131 e. The molecule has 3 nitrogen and oxygen atoms in total. The Labute approximate surface area is 121 Å². The Morgan fingerprint density at radius 2 is 1.80 bits per heavy atom. The van der Waals surface area contributed by atoms with E-state index in [1.165, 1.54) is 0 Å². The van der Waals surface area contributed by atoms with Gasteiger partial charge in [-0.3, -0.25) is 0 Å². The van der Waals surface area contributed by atoms with E-state index in [4.69, 9.17) is 14.7 Å². The van der Waals surface area contributed by atoms with Gasteiger partial charge in [-0.25, -0.2) is 0 Å². The summed E-state index contributed by atoms with van der Waals surface area (Å²) in [5, 5.41) is 9.15. The molecule has 0 amide bonds. The fraction of sp³-hybridized carbons (Fsp3) is 0.471. The van der Waals surface area contributed by atoms with Crippen molar-refractivity contribution in [1.29, 1.82) is 5.26 Å². The maximum absolute atomic E-state index is 9.15. The van der Waals surface area contributed by atoms with Gasteiger partial charge in [-0.15, -0.1) is 0 Å². The summed E-state index contributed by atoms with van der Waals surface area (Å²) in [5.41, 5.74) is 2.02. The molecule has 0 aliphatic rings. The Morgan fingerprint density at radius 1 is 1.20 bits per heavy atom. The highest BCUT2D eigenvalue weighted by Crippen LogP contribution is 2.40. The Hall–Kier alpha value is -1.95. The van der Waals surface area contributed by atoms with Crippen molar-refractivity contribution in [3.63, 3.8) is 0 Å². The second kappa shape index (κ2) is 6.47. The molecule has 0 unspecified atom stereocenters. The zero-order chi connectivity index (χ0) is 15.3. The fourth-order valence-corrected chi connectivity index (χ4v) is 1.99. The summed E-state index contributed by atoms with van der Waals surface area (Å²) < 4.78 is 11.4. The minimum Gasteiger partial charge on any atom is -0.494 e. The first-order valence-corrected chi connectivity index (χ1v) is 6.88. The third-order valence-electron chi connectivity index (χ3n) is 2.93. The summed E-state index contributed by atoms with van der Waals surface area (Å²) in [6.07, 6.45) is 0. The lowest BCUT2D eigenvalue weighted by atomic mass is 9.84. The first kappa shape index (κ1) is 16.1. The number of nitrogens with zero attached hydrogens (tertiary/aromatic N) is 1. The van der Waals surface area contributed by atoms with Gasteiger partial charge in [0.1, 0.15) is 11.5 Å². The molecule has 0 radical (unpaired) electrons. The molecule has 0 aliphatic carbocycles. The Bertz CT molecular complexity index is 533. The van der Waals surface area contributed by atoms with Crippen molar-refractivity contribution >= 4 is 5.57 Å². The van der Waals surface area contributed by atoms with E-state index in [9.17, 15) is 0 Å². The van der Waals surface area contributed by atoms with E-state index >= 15 is 0 Å². The van der Waals surface area contributed by atoms with Gasteiger partial charge in [-0.2, -0.15) is 5.26 Å². The maximum Gasteiger partial charge on any atom is 0.131 e. The van der Waals surface area contributed by atoms with Gasteiger partial charge in [0.25, 0.3) is 0 Å². The molecule has 0 aromatic heterocycles. The summed E-state index contributed by atoms with van der Waals surface area (Å²) in [4.78, 5) is 0. The number of benzene rings is 1. The lowest BCUT2D eigenvalue weighted by molar-refractivity contribution is 0.320. The molecule has 0 saturated heterocycles. The lowest BCUT2D eigenvalue weighted by Gasteiger charge is -2.25. The molecule has 108 valence electrons. The van der Waals surface area contributed by atoms with Crippen molar-refractivity contribution in [1.82, 2.24) is 0 Å². The van der Waals surface area contributed by atoms with Crippen molar-refractivity contribution in [3.8, 4) is 17.6 Å². The van der Waals surface area contributed by atoms with Crippen molar-refractivity contribution in [2.75, 3.05) is 13.2 Å². The molecule has 0 heterocycles. The third-order valence-corrected chi connectivity index (χ3v) is 2.93. The van der Waals surface area contributed by atoms with E-state index in [2.05, 4.69) is 33.4 Å². The van der Waals surface area contributed by atoms with Gasteiger partial charge >= 0.3 is 0 Å². The van der Waals surface area contributed by atoms with Gasteiger partial charge in [-0.05, 0) is 31.4 Å². The fourth-order valence-electron chi connectivity index (χ4n) is 1.99. The van der Waals surface area contributed by atoms with E-state index in [1.807, 2.05) is 26.0 Å². The van der Waals surface area contributed by atoms with Crippen LogP contribution in [-0.2, 0) is 5.41 Å². The van der Waals surface area contributed by atoms with Crippen LogP contribution in [-0.4, -0.2) is 13.2 Å². The van der Waals surface area contributed by atoms with Crippen molar-refractivity contribution in [3.05, 3.63) is 29.8 Å². The standard InChI is InChI=1S/C17H23NO2/c1-7-19-13-9-14(12(3)11-18)16(20-8-2)15(10-13)17(4,5)6/h9-10H,3,7-8H2,1-2,4-6H3. The van der Waals surface area contributed by atoms with E-state index in [-0.39, 0.29) is 5.41 Å². The first-order chi connectivity index (χ1) is 9.35. The molecule has 0 bridgehead atoms. The van der Waals surface area contributed by atoms with Crippen LogP contribution in [0.3, 0.4) is 0 Å². The van der Waals surface area contributed by atoms with E-state index in [0.717, 1.165) is 17.1 Å². The monoisotopic (exact) mass is 273 g/mol. The van der Waals surface area contributed by atoms with Gasteiger partial charge < -0.3 is 9.47 Å². The van der Waals surface area contributed by atoms with Crippen molar-refractivity contribution in [2.24, 2.45) is 0 Å². The van der Waals surface area contributed by atoms with Gasteiger partial charge in [0, 0.05) is 11.1 Å². The zero-order valence-electron chi connectivity index (χ0n) is 13.0. The van der Waals surface area contributed by atoms with Crippen LogP contribution in [0.2, 0.25) is 0 Å². The highest BCUT2D eigenvalue weighted by Gasteiger charge is 2.24. The van der Waals surface area contributed by atoms with Crippen molar-refractivity contribution in [2.45, 2.75) is 40.0 Å². The molecule has 1 rings (SSSR count). The molecular weight excluding hydrogens is 250 g/mol. The minimum absolute atomic E-state index is 0.109. The largest absolute Gasteiger partial charge is 0.494 e. The van der Waals surface area contributed by atoms with Crippen LogP contribution in [0.25, 0.3) is 5.57 Å². The summed E-state index contributed by atoms with van der Waals surface area (Å²) in [7, 11) is 0. The highest BCUT2D eigenvalue weighted by molar-refractivity contribution is 5.80. The second-order valence-electron chi connectivity index (χ2n) is 5.55. The van der Waals surface area contributed by atoms with Gasteiger partial charge in [-0.1, -0.05) is 27.4 Å². The van der Waals surface area contributed by atoms with E-state index in [0.29, 0.717) is 24.4 Å². The average Bonchev–Trinajstić information content (AvgIpc) is 2.38. The van der Waals surface area contributed by atoms with Crippen molar-refractivity contribution < 1.29 is 9.47 Å². The molecule has 0 spiro atoms. The number of rotatable bonds is 5. The maximum atomic E-state index is 9.15. The minimum atomic E-state index is -0.109. The SMILES string of the molecule is C=C(C#N)c1cc(OCC)cc(C(C)(C)C)c1OCC. The van der Waals surface area contributed by atoms with Crippen LogP contribution in [0, 0.1) is 11.3 Å². The van der Waals surface area contributed by atoms with Crippen LogP contribution in [0.15, 0.2) is 18.7 Å². The Morgan fingerprint density at radius 3 is 2.25 bits per heavy atom. The van der Waals surface area contributed by atoms with Gasteiger partial charge in [0.15, 0.2) is 0 Å². The van der Waals surface area contributed by atoms with Crippen LogP contribution < -0.4 is 9.47 Å². The summed E-state index contributed by atoms with van der Waals surface area (Å²) in [6, 6.07) is 5.92. The molecule has 0 N–H and O–H groups in total. The molecule has 0 fully saturated rings. The van der Waals surface area contributed by atoms with Crippen LogP contribution in [0.4, 0.5) is 0 Å². The van der Waals surface area contributed by atoms with Crippen LogP contribution in [0.1, 0.15) is 45.7 Å². The lowest BCUT2D eigenvalue weighted by Crippen LogP contribution is -2.15. The quantitative estimate of drug-likeness (QED) is 0.750. The Kier molecular flexibility index (Phi) is 5.21.